The first-order valence-corrected chi connectivity index (χ1v) is 6.94. The van der Waals surface area contributed by atoms with Crippen LogP contribution in [0.4, 0.5) is 0 Å². The average molecular weight is 215 g/mol. The van der Waals surface area contributed by atoms with Crippen molar-refractivity contribution in [3.63, 3.8) is 0 Å². The predicted octanol–water partition coefficient (Wildman–Crippen LogP) is 1.63. The summed E-state index contributed by atoms with van der Waals surface area (Å²) in [5.74, 6) is 3.48. The Kier molecular flexibility index (Phi) is 3.74. The van der Waals surface area contributed by atoms with Crippen molar-refractivity contribution >= 4 is 11.8 Å². The van der Waals surface area contributed by atoms with Crippen LogP contribution in [0, 0.1) is 5.92 Å². The number of thioether (sulfide) groups is 1. The molecular formula is C11H21NOS. The Hall–Kier alpha value is 0.270. The van der Waals surface area contributed by atoms with Gasteiger partial charge in [0.05, 0.1) is 6.10 Å². The highest BCUT2D eigenvalue weighted by Crippen LogP contribution is 2.27. The zero-order chi connectivity index (χ0) is 9.97. The highest BCUT2D eigenvalue weighted by Gasteiger charge is 2.31. The molecule has 1 aliphatic carbocycles. The van der Waals surface area contributed by atoms with E-state index in [0.29, 0.717) is 12.1 Å². The molecule has 3 heteroatoms. The molecule has 0 bridgehead atoms. The van der Waals surface area contributed by atoms with Crippen molar-refractivity contribution in [2.75, 3.05) is 11.5 Å². The van der Waals surface area contributed by atoms with Crippen LogP contribution in [-0.2, 0) is 0 Å². The Morgan fingerprint density at radius 1 is 1.21 bits per heavy atom. The number of hydrogen-bond donors (Lipinski definition) is 2. The Bertz CT molecular complexity index is 182. The normalized spacial score (nSPS) is 36.4. The van der Waals surface area contributed by atoms with Crippen LogP contribution in [0.5, 0.6) is 0 Å². The molecule has 0 aromatic heterocycles. The van der Waals surface area contributed by atoms with Gasteiger partial charge >= 0.3 is 0 Å². The Balaban J connectivity index is 1.73. The van der Waals surface area contributed by atoms with Gasteiger partial charge in [-0.2, -0.15) is 11.8 Å². The Labute approximate surface area is 90.8 Å². The zero-order valence-corrected chi connectivity index (χ0v) is 9.72. The largest absolute Gasteiger partial charge is 0.392 e. The van der Waals surface area contributed by atoms with Crippen molar-refractivity contribution in [2.24, 2.45) is 5.92 Å². The van der Waals surface area contributed by atoms with Gasteiger partial charge in [0.1, 0.15) is 0 Å². The fourth-order valence-corrected chi connectivity index (χ4v) is 3.51. The molecule has 0 aromatic rings. The van der Waals surface area contributed by atoms with Crippen molar-refractivity contribution in [3.8, 4) is 0 Å². The lowest BCUT2D eigenvalue weighted by atomic mass is 9.86. The molecule has 1 aliphatic heterocycles. The highest BCUT2D eigenvalue weighted by molar-refractivity contribution is 7.99. The highest BCUT2D eigenvalue weighted by atomic mass is 32.2. The summed E-state index contributed by atoms with van der Waals surface area (Å²) in [6.45, 7) is 2.28. The van der Waals surface area contributed by atoms with Crippen LogP contribution < -0.4 is 5.32 Å². The van der Waals surface area contributed by atoms with Crippen molar-refractivity contribution in [3.05, 3.63) is 0 Å². The second kappa shape index (κ2) is 4.86. The molecule has 14 heavy (non-hydrogen) atoms. The first kappa shape index (κ1) is 10.8. The number of aliphatic hydroxyl groups excluding tert-OH is 1. The molecule has 2 nitrogen and oxygen atoms in total. The van der Waals surface area contributed by atoms with Crippen molar-refractivity contribution in [2.45, 2.75) is 50.8 Å². The maximum Gasteiger partial charge on any atom is 0.0693 e. The first-order chi connectivity index (χ1) is 6.77. The summed E-state index contributed by atoms with van der Waals surface area (Å²) >= 11 is 2.08. The summed E-state index contributed by atoms with van der Waals surface area (Å²) in [5, 5.41) is 13.1. The van der Waals surface area contributed by atoms with Gasteiger partial charge in [0.15, 0.2) is 0 Å². The van der Waals surface area contributed by atoms with Crippen LogP contribution in [0.25, 0.3) is 0 Å². The van der Waals surface area contributed by atoms with E-state index in [4.69, 9.17) is 0 Å². The van der Waals surface area contributed by atoms with Crippen molar-refractivity contribution in [1.82, 2.24) is 5.32 Å². The van der Waals surface area contributed by atoms with Gasteiger partial charge in [0.2, 0.25) is 0 Å². The van der Waals surface area contributed by atoms with Crippen LogP contribution in [-0.4, -0.2) is 34.8 Å². The molecule has 2 fully saturated rings. The summed E-state index contributed by atoms with van der Waals surface area (Å²) in [6, 6.07) is 0.982. The van der Waals surface area contributed by atoms with Gasteiger partial charge in [0.25, 0.3) is 0 Å². The number of aliphatic hydroxyl groups is 1. The van der Waals surface area contributed by atoms with E-state index in [-0.39, 0.29) is 6.10 Å². The van der Waals surface area contributed by atoms with Crippen LogP contribution in [0.2, 0.25) is 0 Å². The maximum absolute atomic E-state index is 9.49. The molecule has 2 rings (SSSR count). The van der Waals surface area contributed by atoms with Gasteiger partial charge in [-0.25, -0.2) is 0 Å². The summed E-state index contributed by atoms with van der Waals surface area (Å²) in [5.41, 5.74) is 0. The molecule has 0 radical (unpaired) electrons. The number of hydrogen-bond acceptors (Lipinski definition) is 3. The molecule has 2 aliphatic rings. The lowest BCUT2D eigenvalue weighted by Crippen LogP contribution is -2.53. The van der Waals surface area contributed by atoms with E-state index < -0.39 is 0 Å². The van der Waals surface area contributed by atoms with Gasteiger partial charge in [-0.15, -0.1) is 0 Å². The standard InChI is InChI=1S/C11H21NOS/c1-8(9-4-6-14-7-5-9)12-10-2-3-11(10)13/h8-13H,2-7H2,1H3/t8?,10-,11-/m1/s1. The van der Waals surface area contributed by atoms with Gasteiger partial charge < -0.3 is 10.4 Å². The average Bonchev–Trinajstić information content (AvgIpc) is 2.24. The molecule has 1 unspecified atom stereocenters. The lowest BCUT2D eigenvalue weighted by Gasteiger charge is -2.38. The molecule has 1 saturated heterocycles. The van der Waals surface area contributed by atoms with Crippen LogP contribution >= 0.6 is 11.8 Å². The molecule has 0 spiro atoms. The third-order valence-corrected chi connectivity index (χ3v) is 4.74. The minimum atomic E-state index is -0.0737. The topological polar surface area (TPSA) is 32.3 Å². The van der Waals surface area contributed by atoms with E-state index in [1.165, 1.54) is 24.3 Å². The molecule has 2 N–H and O–H groups in total. The smallest absolute Gasteiger partial charge is 0.0693 e. The Morgan fingerprint density at radius 3 is 2.43 bits per heavy atom. The molecule has 1 saturated carbocycles. The summed E-state index contributed by atoms with van der Waals surface area (Å²) in [6.07, 6.45) is 4.77. The minimum absolute atomic E-state index is 0.0737. The van der Waals surface area contributed by atoms with Gasteiger partial charge in [-0.05, 0) is 50.0 Å². The van der Waals surface area contributed by atoms with Crippen LogP contribution in [0.3, 0.4) is 0 Å². The van der Waals surface area contributed by atoms with E-state index in [0.717, 1.165) is 18.8 Å². The third kappa shape index (κ3) is 2.44. The minimum Gasteiger partial charge on any atom is -0.392 e. The third-order valence-electron chi connectivity index (χ3n) is 3.69. The van der Waals surface area contributed by atoms with Gasteiger partial charge in [0, 0.05) is 12.1 Å². The summed E-state index contributed by atoms with van der Waals surface area (Å²) in [7, 11) is 0. The molecule has 82 valence electrons. The van der Waals surface area contributed by atoms with Crippen LogP contribution in [0.1, 0.15) is 32.6 Å². The first-order valence-electron chi connectivity index (χ1n) is 5.79. The zero-order valence-electron chi connectivity index (χ0n) is 8.91. The van der Waals surface area contributed by atoms with Gasteiger partial charge in [-0.3, -0.25) is 0 Å². The van der Waals surface area contributed by atoms with Crippen molar-refractivity contribution < 1.29 is 5.11 Å². The van der Waals surface area contributed by atoms with E-state index >= 15 is 0 Å². The quantitative estimate of drug-likeness (QED) is 0.750. The summed E-state index contributed by atoms with van der Waals surface area (Å²) < 4.78 is 0. The molecule has 0 aromatic carbocycles. The molecule has 0 amide bonds. The van der Waals surface area contributed by atoms with Crippen molar-refractivity contribution in [1.29, 1.82) is 0 Å². The lowest BCUT2D eigenvalue weighted by molar-refractivity contribution is 0.0404. The number of nitrogens with one attached hydrogen (secondary N) is 1. The summed E-state index contributed by atoms with van der Waals surface area (Å²) in [4.78, 5) is 0. The predicted molar refractivity (Wildman–Crippen MR) is 61.7 cm³/mol. The monoisotopic (exact) mass is 215 g/mol. The fourth-order valence-electron chi connectivity index (χ4n) is 2.37. The fraction of sp³-hybridized carbons (Fsp3) is 1.00. The van der Waals surface area contributed by atoms with Gasteiger partial charge in [-0.1, -0.05) is 0 Å². The van der Waals surface area contributed by atoms with E-state index in [1.54, 1.807) is 0 Å². The molecule has 1 heterocycles. The van der Waals surface area contributed by atoms with E-state index in [9.17, 15) is 5.11 Å². The second-order valence-electron chi connectivity index (χ2n) is 4.66. The Morgan fingerprint density at radius 2 is 1.93 bits per heavy atom. The maximum atomic E-state index is 9.49. The second-order valence-corrected chi connectivity index (χ2v) is 5.88. The van der Waals surface area contributed by atoms with E-state index in [2.05, 4.69) is 24.0 Å². The van der Waals surface area contributed by atoms with E-state index in [1.807, 2.05) is 0 Å². The SMILES string of the molecule is CC(N[C@@H]1CC[C@H]1O)C1CCSCC1. The van der Waals surface area contributed by atoms with Crippen LogP contribution in [0.15, 0.2) is 0 Å². The molecular weight excluding hydrogens is 194 g/mol. The molecule has 3 atom stereocenters. The number of rotatable bonds is 3.